The summed E-state index contributed by atoms with van der Waals surface area (Å²) in [6, 6.07) is 5.60. The second-order valence-electron chi connectivity index (χ2n) is 5.70. The van der Waals surface area contributed by atoms with Crippen molar-refractivity contribution in [2.75, 3.05) is 13.1 Å². The minimum atomic E-state index is 0.157. The molecule has 0 N–H and O–H groups in total. The zero-order chi connectivity index (χ0) is 16.2. The summed E-state index contributed by atoms with van der Waals surface area (Å²) in [5.41, 5.74) is 1.02. The molecule has 0 spiro atoms. The van der Waals surface area contributed by atoms with Crippen LogP contribution in [-0.2, 0) is 11.3 Å². The van der Waals surface area contributed by atoms with Crippen molar-refractivity contribution < 1.29 is 4.79 Å². The molecular weight excluding hydrogens is 335 g/mol. The van der Waals surface area contributed by atoms with E-state index >= 15 is 0 Å². The van der Waals surface area contributed by atoms with Gasteiger partial charge < -0.3 is 4.90 Å². The van der Waals surface area contributed by atoms with E-state index in [-0.39, 0.29) is 5.91 Å². The molecule has 1 aromatic carbocycles. The molecule has 1 aliphatic rings. The molecule has 0 atom stereocenters. The lowest BCUT2D eigenvalue weighted by Crippen LogP contribution is -2.38. The maximum Gasteiger partial charge on any atom is 0.224 e. The molecule has 1 amide bonds. The number of benzene rings is 1. The number of rotatable bonds is 4. The minimum absolute atomic E-state index is 0.157. The molecule has 7 heteroatoms. The SMILES string of the molecule is O=C(CCn1cncn1)N1CCC(c2c(Cl)cccc2Cl)CC1. The van der Waals surface area contributed by atoms with Gasteiger partial charge in [0.15, 0.2) is 0 Å². The van der Waals surface area contributed by atoms with E-state index in [0.29, 0.717) is 28.9 Å². The number of nitrogens with zero attached hydrogens (tertiary/aromatic N) is 4. The van der Waals surface area contributed by atoms with Gasteiger partial charge in [-0.1, -0.05) is 29.3 Å². The number of carbonyl (C=O) groups is 1. The Kier molecular flexibility index (Phi) is 5.18. The van der Waals surface area contributed by atoms with Crippen LogP contribution >= 0.6 is 23.2 Å². The summed E-state index contributed by atoms with van der Waals surface area (Å²) in [5.74, 6) is 0.472. The molecule has 1 aliphatic heterocycles. The van der Waals surface area contributed by atoms with Gasteiger partial charge in [-0.05, 0) is 36.5 Å². The van der Waals surface area contributed by atoms with Crippen molar-refractivity contribution in [3.8, 4) is 0 Å². The van der Waals surface area contributed by atoms with Crippen LogP contribution in [0.2, 0.25) is 10.0 Å². The Morgan fingerprint density at radius 1 is 1.22 bits per heavy atom. The number of amides is 1. The number of hydrogen-bond acceptors (Lipinski definition) is 3. The zero-order valence-electron chi connectivity index (χ0n) is 12.7. The van der Waals surface area contributed by atoms with Crippen molar-refractivity contribution in [1.29, 1.82) is 0 Å². The summed E-state index contributed by atoms with van der Waals surface area (Å²) in [5, 5.41) is 5.44. The predicted molar refractivity (Wildman–Crippen MR) is 89.7 cm³/mol. The van der Waals surface area contributed by atoms with E-state index < -0.39 is 0 Å². The highest BCUT2D eigenvalue weighted by Crippen LogP contribution is 2.37. The summed E-state index contributed by atoms with van der Waals surface area (Å²) in [6.07, 6.45) is 5.32. The van der Waals surface area contributed by atoms with E-state index in [1.807, 2.05) is 23.1 Å². The largest absolute Gasteiger partial charge is 0.343 e. The van der Waals surface area contributed by atoms with Crippen molar-refractivity contribution in [3.63, 3.8) is 0 Å². The number of aryl methyl sites for hydroxylation is 1. The number of aromatic nitrogens is 3. The molecule has 1 saturated heterocycles. The van der Waals surface area contributed by atoms with Gasteiger partial charge in [0, 0.05) is 29.6 Å². The average Bonchev–Trinajstić information content (AvgIpc) is 3.06. The van der Waals surface area contributed by atoms with Crippen LogP contribution in [0.5, 0.6) is 0 Å². The van der Waals surface area contributed by atoms with E-state index in [2.05, 4.69) is 10.1 Å². The highest BCUT2D eigenvalue weighted by atomic mass is 35.5. The van der Waals surface area contributed by atoms with Crippen LogP contribution in [0.15, 0.2) is 30.9 Å². The van der Waals surface area contributed by atoms with E-state index in [9.17, 15) is 4.79 Å². The van der Waals surface area contributed by atoms with Gasteiger partial charge in [-0.3, -0.25) is 9.48 Å². The van der Waals surface area contributed by atoms with Crippen molar-refractivity contribution in [2.45, 2.75) is 31.7 Å². The Balaban J connectivity index is 1.55. The first-order valence-corrected chi connectivity index (χ1v) is 8.45. The van der Waals surface area contributed by atoms with Crippen LogP contribution < -0.4 is 0 Å². The fraction of sp³-hybridized carbons (Fsp3) is 0.438. The molecule has 0 aliphatic carbocycles. The molecular formula is C16H18Cl2N4O. The quantitative estimate of drug-likeness (QED) is 0.847. The molecule has 5 nitrogen and oxygen atoms in total. The Labute approximate surface area is 145 Å². The summed E-state index contributed by atoms with van der Waals surface area (Å²) < 4.78 is 1.67. The smallest absolute Gasteiger partial charge is 0.224 e. The van der Waals surface area contributed by atoms with Gasteiger partial charge in [0.2, 0.25) is 5.91 Å². The lowest BCUT2D eigenvalue weighted by molar-refractivity contribution is -0.132. The molecule has 23 heavy (non-hydrogen) atoms. The first-order chi connectivity index (χ1) is 11.1. The number of piperidine rings is 1. The second kappa shape index (κ2) is 7.32. The third-order valence-electron chi connectivity index (χ3n) is 4.28. The van der Waals surface area contributed by atoms with Gasteiger partial charge in [0.05, 0.1) is 6.54 Å². The zero-order valence-corrected chi connectivity index (χ0v) is 14.2. The number of carbonyl (C=O) groups excluding carboxylic acids is 1. The average molecular weight is 353 g/mol. The lowest BCUT2D eigenvalue weighted by atomic mass is 9.89. The molecule has 0 unspecified atom stereocenters. The molecule has 2 heterocycles. The highest BCUT2D eigenvalue weighted by molar-refractivity contribution is 6.36. The Morgan fingerprint density at radius 3 is 2.52 bits per heavy atom. The minimum Gasteiger partial charge on any atom is -0.343 e. The third kappa shape index (κ3) is 3.85. The second-order valence-corrected chi connectivity index (χ2v) is 6.51. The predicted octanol–water partition coefficient (Wildman–Crippen LogP) is 3.38. The van der Waals surface area contributed by atoms with Crippen molar-refractivity contribution in [3.05, 3.63) is 46.5 Å². The van der Waals surface area contributed by atoms with Crippen molar-refractivity contribution >= 4 is 29.1 Å². The van der Waals surface area contributed by atoms with Crippen LogP contribution in [0.25, 0.3) is 0 Å². The first-order valence-electron chi connectivity index (χ1n) is 7.69. The summed E-state index contributed by atoms with van der Waals surface area (Å²) in [6.45, 7) is 2.04. The summed E-state index contributed by atoms with van der Waals surface area (Å²) >= 11 is 12.6. The van der Waals surface area contributed by atoms with Crippen molar-refractivity contribution in [2.24, 2.45) is 0 Å². The van der Waals surface area contributed by atoms with E-state index in [4.69, 9.17) is 23.2 Å². The fourth-order valence-electron chi connectivity index (χ4n) is 3.03. The van der Waals surface area contributed by atoms with Gasteiger partial charge >= 0.3 is 0 Å². The van der Waals surface area contributed by atoms with E-state index in [1.165, 1.54) is 6.33 Å². The number of hydrogen-bond donors (Lipinski definition) is 0. The molecule has 122 valence electrons. The number of likely N-dealkylation sites (tertiary alicyclic amines) is 1. The van der Waals surface area contributed by atoms with Gasteiger partial charge in [0.1, 0.15) is 12.7 Å². The summed E-state index contributed by atoms with van der Waals surface area (Å²) in [7, 11) is 0. The third-order valence-corrected chi connectivity index (χ3v) is 4.94. The van der Waals surface area contributed by atoms with Gasteiger partial charge in [-0.15, -0.1) is 0 Å². The maximum atomic E-state index is 12.3. The maximum absolute atomic E-state index is 12.3. The van der Waals surface area contributed by atoms with Crippen LogP contribution in [0, 0.1) is 0 Å². The molecule has 0 bridgehead atoms. The fourth-order valence-corrected chi connectivity index (χ4v) is 3.74. The Bertz CT molecular complexity index is 646. The van der Waals surface area contributed by atoms with Crippen LogP contribution in [0.3, 0.4) is 0 Å². The van der Waals surface area contributed by atoms with Gasteiger partial charge in [-0.2, -0.15) is 5.10 Å². The Hall–Kier alpha value is -1.59. The van der Waals surface area contributed by atoms with Crippen LogP contribution in [0.1, 0.15) is 30.7 Å². The van der Waals surface area contributed by atoms with Crippen LogP contribution in [-0.4, -0.2) is 38.7 Å². The molecule has 1 fully saturated rings. The summed E-state index contributed by atoms with van der Waals surface area (Å²) in [4.78, 5) is 18.1. The first kappa shape index (κ1) is 16.3. The standard InChI is InChI=1S/C16H18Cl2N4O/c17-13-2-1-3-14(18)16(13)12-4-7-21(8-5-12)15(23)6-9-22-11-19-10-20-22/h1-3,10-12H,4-9H2. The molecule has 0 saturated carbocycles. The van der Waals surface area contributed by atoms with Crippen LogP contribution in [0.4, 0.5) is 0 Å². The number of halogens is 2. The van der Waals surface area contributed by atoms with Gasteiger partial charge in [0.25, 0.3) is 0 Å². The monoisotopic (exact) mass is 352 g/mol. The van der Waals surface area contributed by atoms with Gasteiger partial charge in [-0.25, -0.2) is 4.98 Å². The lowest BCUT2D eigenvalue weighted by Gasteiger charge is -2.33. The molecule has 0 radical (unpaired) electrons. The van der Waals surface area contributed by atoms with E-state index in [0.717, 1.165) is 31.5 Å². The molecule has 2 aromatic rings. The van der Waals surface area contributed by atoms with Crippen molar-refractivity contribution in [1.82, 2.24) is 19.7 Å². The molecule has 1 aromatic heterocycles. The molecule has 3 rings (SSSR count). The highest BCUT2D eigenvalue weighted by Gasteiger charge is 2.26. The topological polar surface area (TPSA) is 51.0 Å². The Morgan fingerprint density at radius 2 is 1.91 bits per heavy atom. The normalized spacial score (nSPS) is 15.8. The van der Waals surface area contributed by atoms with E-state index in [1.54, 1.807) is 11.0 Å².